The van der Waals surface area contributed by atoms with E-state index < -0.39 is 0 Å². The lowest BCUT2D eigenvalue weighted by molar-refractivity contribution is 0.194. The molecule has 2 amide bonds. The molecular formula is C17H24N4O2. The fraction of sp³-hybridized carbons (Fsp3) is 0.412. The molecule has 2 aromatic rings. The van der Waals surface area contributed by atoms with E-state index in [9.17, 15) is 9.90 Å². The number of aromatic hydroxyl groups is 1. The van der Waals surface area contributed by atoms with Crippen molar-refractivity contribution in [2.45, 2.75) is 32.9 Å². The van der Waals surface area contributed by atoms with E-state index in [4.69, 9.17) is 0 Å². The summed E-state index contributed by atoms with van der Waals surface area (Å²) in [6, 6.07) is 7.02. The first-order valence-corrected chi connectivity index (χ1v) is 7.96. The molecule has 1 aromatic carbocycles. The van der Waals surface area contributed by atoms with E-state index in [2.05, 4.69) is 10.3 Å². The molecule has 0 unspecified atom stereocenters. The van der Waals surface area contributed by atoms with Crippen molar-refractivity contribution in [2.75, 3.05) is 13.1 Å². The van der Waals surface area contributed by atoms with Crippen LogP contribution in [0.25, 0.3) is 0 Å². The largest absolute Gasteiger partial charge is 0.508 e. The maximum absolute atomic E-state index is 12.3. The third-order valence-corrected chi connectivity index (χ3v) is 3.56. The van der Waals surface area contributed by atoms with Crippen LogP contribution in [0.4, 0.5) is 4.79 Å². The fourth-order valence-corrected chi connectivity index (χ4v) is 2.36. The Hall–Kier alpha value is -2.50. The number of hydrogen-bond acceptors (Lipinski definition) is 3. The summed E-state index contributed by atoms with van der Waals surface area (Å²) in [4.78, 5) is 18.0. The summed E-state index contributed by atoms with van der Waals surface area (Å²) in [6.07, 6.45) is 7.13. The van der Waals surface area contributed by atoms with Crippen molar-refractivity contribution >= 4 is 6.03 Å². The molecule has 1 aromatic heterocycles. The lowest BCUT2D eigenvalue weighted by Crippen LogP contribution is -2.40. The first-order valence-electron chi connectivity index (χ1n) is 7.96. The van der Waals surface area contributed by atoms with Crippen LogP contribution in [0.5, 0.6) is 5.75 Å². The minimum absolute atomic E-state index is 0.0965. The molecule has 2 rings (SSSR count). The molecule has 0 spiro atoms. The Kier molecular flexibility index (Phi) is 6.47. The third-order valence-electron chi connectivity index (χ3n) is 3.56. The van der Waals surface area contributed by atoms with Gasteiger partial charge in [-0.05, 0) is 18.9 Å². The van der Waals surface area contributed by atoms with Gasteiger partial charge in [-0.2, -0.15) is 0 Å². The average molecular weight is 316 g/mol. The summed E-state index contributed by atoms with van der Waals surface area (Å²) in [5, 5.41) is 12.8. The van der Waals surface area contributed by atoms with E-state index in [1.807, 2.05) is 29.8 Å². The normalized spacial score (nSPS) is 10.5. The smallest absolute Gasteiger partial charge is 0.317 e. The van der Waals surface area contributed by atoms with Gasteiger partial charge in [0.15, 0.2) is 0 Å². The molecule has 0 fully saturated rings. The van der Waals surface area contributed by atoms with Crippen LogP contribution >= 0.6 is 0 Å². The van der Waals surface area contributed by atoms with Gasteiger partial charge < -0.3 is 19.9 Å². The van der Waals surface area contributed by atoms with Crippen LogP contribution in [0.3, 0.4) is 0 Å². The molecule has 1 heterocycles. The van der Waals surface area contributed by atoms with Gasteiger partial charge in [-0.15, -0.1) is 0 Å². The molecule has 124 valence electrons. The zero-order valence-corrected chi connectivity index (χ0v) is 13.5. The topological polar surface area (TPSA) is 70.4 Å². The van der Waals surface area contributed by atoms with Crippen LogP contribution in [0.2, 0.25) is 0 Å². The van der Waals surface area contributed by atoms with Crippen LogP contribution in [-0.2, 0) is 13.1 Å². The standard InChI is InChI=1S/C17H24N4O2/c1-2-10-21(13-15-6-3-4-7-16(15)22)17(23)19-8-5-11-20-12-9-18-14-20/h3-4,6-7,9,12,14,22H,2,5,8,10-11,13H2,1H3,(H,19,23). The molecule has 0 aliphatic rings. The number of benzene rings is 1. The van der Waals surface area contributed by atoms with Gasteiger partial charge in [0.2, 0.25) is 0 Å². The molecular weight excluding hydrogens is 292 g/mol. The number of phenolic OH excluding ortho intramolecular Hbond substituents is 1. The highest BCUT2D eigenvalue weighted by molar-refractivity contribution is 5.74. The minimum atomic E-state index is -0.0965. The Morgan fingerprint density at radius 3 is 2.91 bits per heavy atom. The second-order valence-corrected chi connectivity index (χ2v) is 5.44. The molecule has 6 heteroatoms. The average Bonchev–Trinajstić information content (AvgIpc) is 3.06. The predicted molar refractivity (Wildman–Crippen MR) is 89.1 cm³/mol. The number of carbonyl (C=O) groups excluding carboxylic acids is 1. The number of amides is 2. The van der Waals surface area contributed by atoms with E-state index in [0.717, 1.165) is 24.9 Å². The van der Waals surface area contributed by atoms with Gasteiger partial charge >= 0.3 is 6.03 Å². The van der Waals surface area contributed by atoms with E-state index in [1.54, 1.807) is 29.6 Å². The number of nitrogens with one attached hydrogen (secondary N) is 1. The summed E-state index contributed by atoms with van der Waals surface area (Å²) < 4.78 is 1.98. The van der Waals surface area contributed by atoms with Crippen LogP contribution in [-0.4, -0.2) is 38.7 Å². The summed E-state index contributed by atoms with van der Waals surface area (Å²) >= 11 is 0. The molecule has 0 saturated heterocycles. The van der Waals surface area contributed by atoms with Gasteiger partial charge in [-0.3, -0.25) is 0 Å². The molecule has 23 heavy (non-hydrogen) atoms. The Morgan fingerprint density at radius 1 is 1.39 bits per heavy atom. The highest BCUT2D eigenvalue weighted by Gasteiger charge is 2.14. The number of nitrogens with zero attached hydrogens (tertiary/aromatic N) is 3. The van der Waals surface area contributed by atoms with Gasteiger partial charge in [-0.25, -0.2) is 9.78 Å². The van der Waals surface area contributed by atoms with Gasteiger partial charge in [0, 0.05) is 37.6 Å². The number of aryl methyl sites for hydroxylation is 1. The Balaban J connectivity index is 1.81. The summed E-state index contributed by atoms with van der Waals surface area (Å²) in [6.45, 7) is 4.53. The number of imidazole rings is 1. The maximum Gasteiger partial charge on any atom is 0.317 e. The Labute approximate surface area is 136 Å². The molecule has 0 radical (unpaired) electrons. The number of rotatable bonds is 8. The Bertz CT molecular complexity index is 598. The second-order valence-electron chi connectivity index (χ2n) is 5.44. The number of hydrogen-bond donors (Lipinski definition) is 2. The summed E-state index contributed by atoms with van der Waals surface area (Å²) in [7, 11) is 0. The summed E-state index contributed by atoms with van der Waals surface area (Å²) in [5.41, 5.74) is 0.759. The zero-order chi connectivity index (χ0) is 16.5. The van der Waals surface area contributed by atoms with Gasteiger partial charge in [0.25, 0.3) is 0 Å². The number of phenols is 1. The van der Waals surface area contributed by atoms with Crippen molar-refractivity contribution in [1.29, 1.82) is 0 Å². The SMILES string of the molecule is CCCN(Cc1ccccc1O)C(=O)NCCCn1ccnc1. The molecule has 0 aliphatic carbocycles. The number of urea groups is 1. The number of para-hydroxylation sites is 1. The van der Waals surface area contributed by atoms with Gasteiger partial charge in [0.1, 0.15) is 5.75 Å². The van der Waals surface area contributed by atoms with E-state index in [1.165, 1.54) is 0 Å². The van der Waals surface area contributed by atoms with Crippen LogP contribution < -0.4 is 5.32 Å². The van der Waals surface area contributed by atoms with Crippen LogP contribution in [0.1, 0.15) is 25.3 Å². The molecule has 0 atom stereocenters. The molecule has 0 bridgehead atoms. The molecule has 2 N–H and O–H groups in total. The Morgan fingerprint density at radius 2 is 2.22 bits per heavy atom. The monoisotopic (exact) mass is 316 g/mol. The lowest BCUT2D eigenvalue weighted by atomic mass is 10.2. The molecule has 0 saturated carbocycles. The number of aromatic nitrogens is 2. The fourth-order valence-electron chi connectivity index (χ4n) is 2.36. The molecule has 0 aliphatic heterocycles. The van der Waals surface area contributed by atoms with Crippen molar-refractivity contribution in [3.05, 3.63) is 48.5 Å². The molecule has 6 nitrogen and oxygen atoms in total. The van der Waals surface area contributed by atoms with Crippen molar-refractivity contribution < 1.29 is 9.90 Å². The first-order chi connectivity index (χ1) is 11.2. The third kappa shape index (κ3) is 5.32. The van der Waals surface area contributed by atoms with Crippen LogP contribution in [0, 0.1) is 0 Å². The minimum Gasteiger partial charge on any atom is -0.508 e. The second kappa shape index (κ2) is 8.82. The number of carbonyl (C=O) groups is 1. The highest BCUT2D eigenvalue weighted by atomic mass is 16.3. The first kappa shape index (κ1) is 16.9. The van der Waals surface area contributed by atoms with Crippen LogP contribution in [0.15, 0.2) is 43.0 Å². The van der Waals surface area contributed by atoms with E-state index in [-0.39, 0.29) is 11.8 Å². The highest BCUT2D eigenvalue weighted by Crippen LogP contribution is 2.17. The van der Waals surface area contributed by atoms with Crippen molar-refractivity contribution in [3.63, 3.8) is 0 Å². The van der Waals surface area contributed by atoms with E-state index in [0.29, 0.717) is 19.6 Å². The summed E-state index contributed by atoms with van der Waals surface area (Å²) in [5.74, 6) is 0.224. The predicted octanol–water partition coefficient (Wildman–Crippen LogP) is 2.60. The van der Waals surface area contributed by atoms with Gasteiger partial charge in [-0.1, -0.05) is 25.1 Å². The van der Waals surface area contributed by atoms with Crippen molar-refractivity contribution in [2.24, 2.45) is 0 Å². The lowest BCUT2D eigenvalue weighted by Gasteiger charge is -2.23. The van der Waals surface area contributed by atoms with E-state index >= 15 is 0 Å². The quantitative estimate of drug-likeness (QED) is 0.735. The van der Waals surface area contributed by atoms with Gasteiger partial charge in [0.05, 0.1) is 12.9 Å². The van der Waals surface area contributed by atoms with Crippen molar-refractivity contribution in [1.82, 2.24) is 19.8 Å². The maximum atomic E-state index is 12.3. The van der Waals surface area contributed by atoms with Crippen molar-refractivity contribution in [3.8, 4) is 5.75 Å². The zero-order valence-electron chi connectivity index (χ0n) is 13.5.